The fraction of sp³-hybridized carbons (Fsp3) is 0.125. The number of para-hydroxylation sites is 1. The molecule has 0 saturated heterocycles. The molecule has 1 aromatic rings. The van der Waals surface area contributed by atoms with Crippen LogP contribution < -0.4 is 5.01 Å². The van der Waals surface area contributed by atoms with Gasteiger partial charge in [0.15, 0.2) is 0 Å². The largest absolute Gasteiger partial charge is 0.289 e. The third-order valence-electron chi connectivity index (χ3n) is 1.59. The molecule has 0 amide bonds. The highest BCUT2D eigenvalue weighted by atomic mass is 15.5. The van der Waals surface area contributed by atoms with Gasteiger partial charge in [-0.3, -0.25) is 5.41 Å². The number of hydrogen-bond donors (Lipinski definition) is 2. The Kier molecular flexibility index (Phi) is 2.53. The van der Waals surface area contributed by atoms with Gasteiger partial charge < -0.3 is 0 Å². The van der Waals surface area contributed by atoms with Crippen molar-refractivity contribution in [2.75, 3.05) is 5.01 Å². The SMILES string of the molecule is Cc1ccccc1N(C=N)N=N. The molecule has 0 aliphatic carbocycles. The van der Waals surface area contributed by atoms with E-state index in [-0.39, 0.29) is 0 Å². The van der Waals surface area contributed by atoms with E-state index in [1.54, 1.807) is 0 Å². The highest BCUT2D eigenvalue weighted by Gasteiger charge is 2.02. The Morgan fingerprint density at radius 3 is 2.58 bits per heavy atom. The average Bonchev–Trinajstić information content (AvgIpc) is 2.10. The average molecular weight is 162 g/mol. The first-order valence-corrected chi connectivity index (χ1v) is 3.52. The fourth-order valence-corrected chi connectivity index (χ4v) is 0.973. The lowest BCUT2D eigenvalue weighted by Crippen LogP contribution is -2.12. The number of nitrogens with zero attached hydrogens (tertiary/aromatic N) is 2. The summed E-state index contributed by atoms with van der Waals surface area (Å²) in [5, 5.41) is 11.4. The highest BCUT2D eigenvalue weighted by molar-refractivity contribution is 5.77. The Morgan fingerprint density at radius 1 is 1.42 bits per heavy atom. The molecule has 0 saturated carbocycles. The first-order valence-electron chi connectivity index (χ1n) is 3.52. The molecule has 4 heteroatoms. The quantitative estimate of drug-likeness (QED) is 0.304. The van der Waals surface area contributed by atoms with Crippen molar-refractivity contribution in [1.82, 2.24) is 0 Å². The van der Waals surface area contributed by atoms with Crippen LogP contribution in [0.25, 0.3) is 0 Å². The Morgan fingerprint density at radius 2 is 2.08 bits per heavy atom. The summed E-state index contributed by atoms with van der Waals surface area (Å²) in [5.74, 6) is 0. The predicted molar refractivity (Wildman–Crippen MR) is 47.6 cm³/mol. The van der Waals surface area contributed by atoms with Gasteiger partial charge in [-0.1, -0.05) is 23.4 Å². The zero-order valence-electron chi connectivity index (χ0n) is 6.78. The van der Waals surface area contributed by atoms with E-state index in [1.807, 2.05) is 31.2 Å². The monoisotopic (exact) mass is 162 g/mol. The van der Waals surface area contributed by atoms with Crippen LogP contribution in [0.15, 0.2) is 29.5 Å². The summed E-state index contributed by atoms with van der Waals surface area (Å²) in [7, 11) is 0. The second-order valence-corrected chi connectivity index (χ2v) is 2.36. The van der Waals surface area contributed by atoms with E-state index in [1.165, 1.54) is 5.01 Å². The van der Waals surface area contributed by atoms with E-state index in [0.29, 0.717) is 0 Å². The fourth-order valence-electron chi connectivity index (χ4n) is 0.973. The molecular weight excluding hydrogens is 152 g/mol. The lowest BCUT2D eigenvalue weighted by atomic mass is 10.2. The molecule has 62 valence electrons. The van der Waals surface area contributed by atoms with Gasteiger partial charge in [0.25, 0.3) is 0 Å². The third-order valence-corrected chi connectivity index (χ3v) is 1.59. The van der Waals surface area contributed by atoms with Crippen LogP contribution in [0, 0.1) is 17.9 Å². The van der Waals surface area contributed by atoms with Gasteiger partial charge in [-0.05, 0) is 18.6 Å². The van der Waals surface area contributed by atoms with Crippen LogP contribution in [0.3, 0.4) is 0 Å². The maximum absolute atomic E-state index is 6.98. The minimum atomic E-state index is 0.766. The predicted octanol–water partition coefficient (Wildman–Crippen LogP) is 2.35. The van der Waals surface area contributed by atoms with Crippen LogP contribution in [0.5, 0.6) is 0 Å². The zero-order valence-corrected chi connectivity index (χ0v) is 6.78. The lowest BCUT2D eigenvalue weighted by molar-refractivity contribution is 0.948. The molecule has 1 rings (SSSR count). The summed E-state index contributed by atoms with van der Waals surface area (Å²) < 4.78 is 0. The van der Waals surface area contributed by atoms with Crippen molar-refractivity contribution >= 4 is 12.0 Å². The summed E-state index contributed by atoms with van der Waals surface area (Å²) in [6.45, 7) is 1.91. The molecular formula is C8H10N4. The number of benzene rings is 1. The minimum Gasteiger partial charge on any atom is -0.289 e. The summed E-state index contributed by atoms with van der Waals surface area (Å²) in [6, 6.07) is 7.49. The van der Waals surface area contributed by atoms with E-state index >= 15 is 0 Å². The summed E-state index contributed by atoms with van der Waals surface area (Å²) >= 11 is 0. The number of hydrogen-bond acceptors (Lipinski definition) is 3. The highest BCUT2D eigenvalue weighted by Crippen LogP contribution is 2.17. The second kappa shape index (κ2) is 3.61. The molecule has 0 heterocycles. The Balaban J connectivity index is 3.08. The van der Waals surface area contributed by atoms with E-state index in [0.717, 1.165) is 17.6 Å². The van der Waals surface area contributed by atoms with Crippen LogP contribution in [-0.4, -0.2) is 6.34 Å². The molecule has 0 fully saturated rings. The topological polar surface area (TPSA) is 63.3 Å². The Bertz CT molecular complexity index is 287. The summed E-state index contributed by atoms with van der Waals surface area (Å²) in [4.78, 5) is 0. The van der Waals surface area contributed by atoms with Crippen molar-refractivity contribution in [2.45, 2.75) is 6.92 Å². The lowest BCUT2D eigenvalue weighted by Gasteiger charge is -2.12. The third kappa shape index (κ3) is 1.47. The van der Waals surface area contributed by atoms with Gasteiger partial charge >= 0.3 is 0 Å². The van der Waals surface area contributed by atoms with Crippen molar-refractivity contribution < 1.29 is 0 Å². The van der Waals surface area contributed by atoms with E-state index in [2.05, 4.69) is 5.22 Å². The van der Waals surface area contributed by atoms with Gasteiger partial charge in [0.05, 0.1) is 5.69 Å². The van der Waals surface area contributed by atoms with Gasteiger partial charge in [0, 0.05) is 0 Å². The second-order valence-electron chi connectivity index (χ2n) is 2.36. The Labute approximate surface area is 70.8 Å². The molecule has 0 unspecified atom stereocenters. The van der Waals surface area contributed by atoms with Crippen LogP contribution in [0.2, 0.25) is 0 Å². The number of aryl methyl sites for hydroxylation is 1. The van der Waals surface area contributed by atoms with E-state index in [9.17, 15) is 0 Å². The Hall–Kier alpha value is -1.71. The van der Waals surface area contributed by atoms with Gasteiger partial charge in [-0.15, -0.1) is 0 Å². The normalized spacial score (nSPS) is 9.08. The molecule has 12 heavy (non-hydrogen) atoms. The van der Waals surface area contributed by atoms with Gasteiger partial charge in [0.2, 0.25) is 0 Å². The molecule has 1 aromatic carbocycles. The first kappa shape index (κ1) is 8.39. The van der Waals surface area contributed by atoms with Crippen LogP contribution in [-0.2, 0) is 0 Å². The first-order chi connectivity index (χ1) is 5.79. The van der Waals surface area contributed by atoms with Crippen LogP contribution in [0.4, 0.5) is 5.69 Å². The molecule has 2 N–H and O–H groups in total. The van der Waals surface area contributed by atoms with Crippen LogP contribution in [0.1, 0.15) is 5.56 Å². The van der Waals surface area contributed by atoms with Gasteiger partial charge in [0.1, 0.15) is 6.34 Å². The van der Waals surface area contributed by atoms with Gasteiger partial charge in [-0.2, -0.15) is 5.53 Å². The number of anilines is 1. The smallest absolute Gasteiger partial charge is 0.110 e. The molecule has 0 atom stereocenters. The van der Waals surface area contributed by atoms with E-state index < -0.39 is 0 Å². The summed E-state index contributed by atoms with van der Waals surface area (Å²) in [5.41, 5.74) is 8.56. The van der Waals surface area contributed by atoms with Crippen molar-refractivity contribution in [2.24, 2.45) is 5.22 Å². The van der Waals surface area contributed by atoms with Crippen molar-refractivity contribution in [3.63, 3.8) is 0 Å². The van der Waals surface area contributed by atoms with E-state index in [4.69, 9.17) is 10.9 Å². The standard InChI is InChI=1S/C8H10N4/c1-7-4-2-3-5-8(7)12(6-9)11-10/h2-6,9-10H,1H3. The zero-order chi connectivity index (χ0) is 8.97. The molecule has 4 nitrogen and oxygen atoms in total. The maximum atomic E-state index is 6.98. The molecule has 0 aromatic heterocycles. The molecule has 0 bridgehead atoms. The molecule has 0 aliphatic rings. The molecule has 0 aliphatic heterocycles. The number of rotatable bonds is 3. The van der Waals surface area contributed by atoms with Crippen molar-refractivity contribution in [3.8, 4) is 0 Å². The summed E-state index contributed by atoms with van der Waals surface area (Å²) in [6.07, 6.45) is 1.01. The van der Waals surface area contributed by atoms with Crippen molar-refractivity contribution in [1.29, 1.82) is 10.9 Å². The number of nitrogens with one attached hydrogen (secondary N) is 2. The minimum absolute atomic E-state index is 0.766. The van der Waals surface area contributed by atoms with Crippen LogP contribution >= 0.6 is 0 Å². The van der Waals surface area contributed by atoms with Crippen molar-refractivity contribution in [3.05, 3.63) is 29.8 Å². The molecule has 0 spiro atoms. The maximum Gasteiger partial charge on any atom is 0.110 e. The molecule has 0 radical (unpaired) electrons. The van der Waals surface area contributed by atoms with Gasteiger partial charge in [-0.25, -0.2) is 5.01 Å².